The molecule has 6 nitrogen and oxygen atoms in total. The van der Waals surface area contributed by atoms with Crippen molar-refractivity contribution in [3.63, 3.8) is 0 Å². The van der Waals surface area contributed by atoms with E-state index < -0.39 is 0 Å². The number of nitrogens with one attached hydrogen (secondary N) is 3. The molecule has 1 amide bonds. The Balaban J connectivity index is 0.00000338. The average Bonchev–Trinajstić information content (AvgIpc) is 2.60. The number of hydrogen-bond acceptors (Lipinski definition) is 3. The molecule has 140 valence electrons. The van der Waals surface area contributed by atoms with E-state index in [9.17, 15) is 4.79 Å². The molecule has 0 atom stereocenters. The second-order valence-corrected chi connectivity index (χ2v) is 5.57. The van der Waals surface area contributed by atoms with Crippen molar-refractivity contribution < 1.29 is 4.79 Å². The number of carbonyl (C=O) groups is 1. The van der Waals surface area contributed by atoms with Crippen LogP contribution in [0.25, 0.3) is 0 Å². The SMILES string of the molecule is CCNC(=NCc1ccccc1)NCCC(=O)Nc1cccc(C)n1.I. The van der Waals surface area contributed by atoms with Gasteiger partial charge in [-0.3, -0.25) is 4.79 Å². The maximum Gasteiger partial charge on any atom is 0.227 e. The maximum absolute atomic E-state index is 12.0. The van der Waals surface area contributed by atoms with Gasteiger partial charge in [0.05, 0.1) is 6.54 Å². The molecule has 0 aliphatic heterocycles. The Hall–Kier alpha value is -2.16. The van der Waals surface area contributed by atoms with Gasteiger partial charge in [0.25, 0.3) is 0 Å². The van der Waals surface area contributed by atoms with Gasteiger partial charge in [0.2, 0.25) is 5.91 Å². The predicted molar refractivity (Wildman–Crippen MR) is 117 cm³/mol. The van der Waals surface area contributed by atoms with E-state index in [0.29, 0.717) is 31.3 Å². The molecule has 26 heavy (non-hydrogen) atoms. The molecule has 0 radical (unpaired) electrons. The van der Waals surface area contributed by atoms with Gasteiger partial charge in [-0.2, -0.15) is 0 Å². The molecule has 0 saturated heterocycles. The van der Waals surface area contributed by atoms with Gasteiger partial charge >= 0.3 is 0 Å². The molecule has 0 aliphatic rings. The number of anilines is 1. The summed E-state index contributed by atoms with van der Waals surface area (Å²) >= 11 is 0. The molecule has 7 heteroatoms. The largest absolute Gasteiger partial charge is 0.357 e. The highest BCUT2D eigenvalue weighted by Crippen LogP contribution is 2.04. The molecule has 0 aliphatic carbocycles. The smallest absolute Gasteiger partial charge is 0.227 e. The molecule has 0 saturated carbocycles. The molecule has 1 aromatic carbocycles. The zero-order valence-corrected chi connectivity index (χ0v) is 17.5. The standard InChI is InChI=1S/C19H25N5O.HI/c1-3-20-19(22-14-16-9-5-4-6-10-16)21-13-12-18(25)24-17-11-7-8-15(2)23-17;/h4-11H,3,12-14H2,1-2H3,(H2,20,21,22)(H,23,24,25);1H. The summed E-state index contributed by atoms with van der Waals surface area (Å²) in [5.41, 5.74) is 2.02. The summed E-state index contributed by atoms with van der Waals surface area (Å²) < 4.78 is 0. The summed E-state index contributed by atoms with van der Waals surface area (Å²) in [5, 5.41) is 9.15. The number of aliphatic imine (C=N–C) groups is 1. The fourth-order valence-corrected chi connectivity index (χ4v) is 2.21. The van der Waals surface area contributed by atoms with Crippen molar-refractivity contribution in [1.29, 1.82) is 0 Å². The number of carbonyl (C=O) groups excluding carboxylic acids is 1. The van der Waals surface area contributed by atoms with Gasteiger partial charge in [0.1, 0.15) is 5.82 Å². The number of halogens is 1. The fourth-order valence-electron chi connectivity index (χ4n) is 2.21. The van der Waals surface area contributed by atoms with Gasteiger partial charge in [-0.05, 0) is 31.5 Å². The van der Waals surface area contributed by atoms with Crippen LogP contribution in [0.15, 0.2) is 53.5 Å². The van der Waals surface area contributed by atoms with Crippen LogP contribution >= 0.6 is 24.0 Å². The predicted octanol–water partition coefficient (Wildman–Crippen LogP) is 3.09. The zero-order chi connectivity index (χ0) is 17.9. The van der Waals surface area contributed by atoms with Gasteiger partial charge in [0, 0.05) is 25.2 Å². The van der Waals surface area contributed by atoms with Crippen LogP contribution in [0.2, 0.25) is 0 Å². The van der Waals surface area contributed by atoms with E-state index in [1.54, 1.807) is 6.07 Å². The lowest BCUT2D eigenvalue weighted by Crippen LogP contribution is -2.38. The molecule has 1 aromatic heterocycles. The number of amides is 1. The number of rotatable bonds is 7. The Morgan fingerprint density at radius 3 is 2.54 bits per heavy atom. The molecule has 0 bridgehead atoms. The van der Waals surface area contributed by atoms with Crippen LogP contribution in [-0.2, 0) is 11.3 Å². The van der Waals surface area contributed by atoms with Gasteiger partial charge in [-0.1, -0.05) is 36.4 Å². The van der Waals surface area contributed by atoms with Crippen LogP contribution in [0.3, 0.4) is 0 Å². The van der Waals surface area contributed by atoms with E-state index in [2.05, 4.69) is 25.9 Å². The second-order valence-electron chi connectivity index (χ2n) is 5.57. The first-order valence-electron chi connectivity index (χ1n) is 8.47. The Kier molecular flexibility index (Phi) is 10.3. The van der Waals surface area contributed by atoms with Crippen LogP contribution in [0.4, 0.5) is 5.82 Å². The number of hydrogen-bond donors (Lipinski definition) is 3. The van der Waals surface area contributed by atoms with E-state index in [-0.39, 0.29) is 29.9 Å². The molecular weight excluding hydrogens is 441 g/mol. The first-order valence-corrected chi connectivity index (χ1v) is 8.47. The minimum Gasteiger partial charge on any atom is -0.357 e. The van der Waals surface area contributed by atoms with Crippen LogP contribution in [-0.4, -0.2) is 29.9 Å². The molecule has 1 heterocycles. The van der Waals surface area contributed by atoms with Crippen molar-refractivity contribution in [2.75, 3.05) is 18.4 Å². The first-order chi connectivity index (χ1) is 12.2. The van der Waals surface area contributed by atoms with Gasteiger partial charge < -0.3 is 16.0 Å². The highest BCUT2D eigenvalue weighted by Gasteiger charge is 2.04. The number of pyridine rings is 1. The summed E-state index contributed by atoms with van der Waals surface area (Å²) in [6, 6.07) is 15.6. The number of aromatic nitrogens is 1. The molecule has 2 rings (SSSR count). The molecule has 0 fully saturated rings. The number of nitrogens with zero attached hydrogens (tertiary/aromatic N) is 2. The summed E-state index contributed by atoms with van der Waals surface area (Å²) in [7, 11) is 0. The number of benzene rings is 1. The Labute approximate surface area is 171 Å². The molecule has 0 unspecified atom stereocenters. The van der Waals surface area contributed by atoms with Crippen LogP contribution < -0.4 is 16.0 Å². The van der Waals surface area contributed by atoms with Crippen LogP contribution in [0.1, 0.15) is 24.6 Å². The third-order valence-corrected chi connectivity index (χ3v) is 3.41. The molecular formula is C19H26IN5O. The average molecular weight is 467 g/mol. The summed E-state index contributed by atoms with van der Waals surface area (Å²) in [4.78, 5) is 20.8. The fraction of sp³-hybridized carbons (Fsp3) is 0.316. The maximum atomic E-state index is 12.0. The highest BCUT2D eigenvalue weighted by molar-refractivity contribution is 14.0. The van der Waals surface area contributed by atoms with E-state index in [1.165, 1.54) is 0 Å². The van der Waals surface area contributed by atoms with Crippen molar-refractivity contribution in [3.8, 4) is 0 Å². The van der Waals surface area contributed by atoms with Crippen molar-refractivity contribution in [1.82, 2.24) is 15.6 Å². The Morgan fingerprint density at radius 1 is 1.08 bits per heavy atom. The first kappa shape index (κ1) is 21.9. The molecule has 3 N–H and O–H groups in total. The van der Waals surface area contributed by atoms with E-state index in [1.807, 2.05) is 56.3 Å². The van der Waals surface area contributed by atoms with Gasteiger partial charge in [-0.15, -0.1) is 24.0 Å². The third-order valence-electron chi connectivity index (χ3n) is 3.41. The lowest BCUT2D eigenvalue weighted by atomic mass is 10.2. The quantitative estimate of drug-likeness (QED) is 0.332. The molecule has 2 aromatic rings. The number of aryl methyl sites for hydroxylation is 1. The monoisotopic (exact) mass is 467 g/mol. The van der Waals surface area contributed by atoms with E-state index in [0.717, 1.165) is 17.8 Å². The van der Waals surface area contributed by atoms with E-state index in [4.69, 9.17) is 0 Å². The summed E-state index contributed by atoms with van der Waals surface area (Å²) in [5.74, 6) is 1.20. The topological polar surface area (TPSA) is 78.4 Å². The lowest BCUT2D eigenvalue weighted by Gasteiger charge is -2.11. The Bertz CT molecular complexity index is 706. The summed E-state index contributed by atoms with van der Waals surface area (Å²) in [6.07, 6.45) is 0.339. The van der Waals surface area contributed by atoms with Gasteiger partial charge in [0.15, 0.2) is 5.96 Å². The minimum absolute atomic E-state index is 0. The Morgan fingerprint density at radius 2 is 1.85 bits per heavy atom. The lowest BCUT2D eigenvalue weighted by molar-refractivity contribution is -0.116. The normalized spacial score (nSPS) is 10.6. The highest BCUT2D eigenvalue weighted by atomic mass is 127. The van der Waals surface area contributed by atoms with Crippen molar-refractivity contribution >= 4 is 41.7 Å². The minimum atomic E-state index is -0.0792. The van der Waals surface area contributed by atoms with Crippen molar-refractivity contribution in [2.24, 2.45) is 4.99 Å². The van der Waals surface area contributed by atoms with Crippen molar-refractivity contribution in [2.45, 2.75) is 26.8 Å². The zero-order valence-electron chi connectivity index (χ0n) is 15.2. The molecule has 0 spiro atoms. The van der Waals surface area contributed by atoms with Crippen molar-refractivity contribution in [3.05, 3.63) is 59.8 Å². The third kappa shape index (κ3) is 8.28. The number of guanidine groups is 1. The van der Waals surface area contributed by atoms with Crippen LogP contribution in [0.5, 0.6) is 0 Å². The van der Waals surface area contributed by atoms with E-state index >= 15 is 0 Å². The summed E-state index contributed by atoms with van der Waals surface area (Å²) in [6.45, 7) is 5.76. The van der Waals surface area contributed by atoms with Crippen LogP contribution in [0, 0.1) is 6.92 Å². The van der Waals surface area contributed by atoms with Gasteiger partial charge in [-0.25, -0.2) is 9.98 Å². The second kappa shape index (κ2) is 12.2.